The first-order valence-electron chi connectivity index (χ1n) is 15.1. The van der Waals surface area contributed by atoms with Gasteiger partial charge in [0.05, 0.1) is 18.1 Å². The SMILES string of the molecule is CCOc1cc(C2C(C(=O)Nc3ccccc3)C(=O)CC(C)(O)C2C(=O)Nc2ccccc2)ccc1OCc1ccccc1C. The first-order valence-corrected chi connectivity index (χ1v) is 15.1. The molecule has 4 unspecified atom stereocenters. The number of hydrogen-bond acceptors (Lipinski definition) is 6. The predicted octanol–water partition coefficient (Wildman–Crippen LogP) is 6.29. The Bertz CT molecular complexity index is 1650. The molecule has 1 fully saturated rings. The lowest BCUT2D eigenvalue weighted by atomic mass is 9.61. The number of nitrogens with one attached hydrogen (secondary N) is 2. The standard InChI is InChI=1S/C37H38N2O6/c1-4-44-31-21-25(19-20-30(31)45-23-26-14-12-11-13-24(26)2)32-33(35(41)38-27-15-7-5-8-16-27)29(40)22-37(3,43)34(32)36(42)39-28-17-9-6-10-18-28/h5-21,32-34,43H,4,22-23H2,1-3H3,(H,38,41)(H,39,42). The number of ether oxygens (including phenoxy) is 2. The van der Waals surface area contributed by atoms with Crippen molar-refractivity contribution in [3.63, 3.8) is 0 Å². The molecule has 1 aliphatic rings. The summed E-state index contributed by atoms with van der Waals surface area (Å²) in [6, 6.07) is 30.8. The maximum atomic E-state index is 14.0. The van der Waals surface area contributed by atoms with E-state index in [-0.39, 0.29) is 6.42 Å². The van der Waals surface area contributed by atoms with Crippen LogP contribution in [-0.2, 0) is 21.0 Å². The molecule has 0 saturated heterocycles. The van der Waals surface area contributed by atoms with Gasteiger partial charge >= 0.3 is 0 Å². The molecule has 4 aromatic rings. The van der Waals surface area contributed by atoms with E-state index in [1.165, 1.54) is 6.92 Å². The number of rotatable bonds is 10. The van der Waals surface area contributed by atoms with E-state index >= 15 is 0 Å². The molecule has 4 atom stereocenters. The third-order valence-electron chi connectivity index (χ3n) is 8.21. The molecule has 5 rings (SSSR count). The number of carbonyl (C=O) groups excluding carboxylic acids is 3. The van der Waals surface area contributed by atoms with E-state index in [2.05, 4.69) is 10.6 Å². The van der Waals surface area contributed by atoms with Crippen molar-refractivity contribution in [3.05, 3.63) is 120 Å². The van der Waals surface area contributed by atoms with Gasteiger partial charge in [-0.3, -0.25) is 14.4 Å². The molecule has 0 aliphatic heterocycles. The number of Topliss-reactive ketones (excluding diaryl/α,β-unsaturated/α-hetero) is 1. The molecule has 0 spiro atoms. The van der Waals surface area contributed by atoms with Crippen LogP contribution in [0, 0.1) is 18.8 Å². The number of hydrogen-bond donors (Lipinski definition) is 3. The van der Waals surface area contributed by atoms with Gasteiger partial charge in [0.25, 0.3) is 0 Å². The average Bonchev–Trinajstić information content (AvgIpc) is 3.01. The number of carbonyl (C=O) groups is 3. The van der Waals surface area contributed by atoms with E-state index < -0.39 is 41.0 Å². The van der Waals surface area contributed by atoms with E-state index in [9.17, 15) is 19.5 Å². The van der Waals surface area contributed by atoms with Gasteiger partial charge in [-0.25, -0.2) is 0 Å². The van der Waals surface area contributed by atoms with Gasteiger partial charge in [-0.15, -0.1) is 0 Å². The molecule has 2 amide bonds. The Kier molecular flexibility index (Phi) is 9.64. The van der Waals surface area contributed by atoms with Gasteiger partial charge in [-0.1, -0.05) is 66.7 Å². The summed E-state index contributed by atoms with van der Waals surface area (Å²) in [6.45, 7) is 5.98. The highest BCUT2D eigenvalue weighted by Gasteiger charge is 2.56. The second-order valence-corrected chi connectivity index (χ2v) is 11.5. The van der Waals surface area contributed by atoms with E-state index in [1.807, 2.05) is 50.2 Å². The maximum absolute atomic E-state index is 14.0. The summed E-state index contributed by atoms with van der Waals surface area (Å²) in [5.41, 5.74) is 1.93. The second-order valence-electron chi connectivity index (χ2n) is 11.5. The van der Waals surface area contributed by atoms with Crippen LogP contribution in [0.25, 0.3) is 0 Å². The number of para-hydroxylation sites is 2. The zero-order valence-corrected chi connectivity index (χ0v) is 25.7. The number of amides is 2. The molecular formula is C37H38N2O6. The zero-order chi connectivity index (χ0) is 32.0. The second kappa shape index (κ2) is 13.8. The van der Waals surface area contributed by atoms with Crippen molar-refractivity contribution < 1.29 is 29.0 Å². The smallest absolute Gasteiger partial charge is 0.235 e. The zero-order valence-electron chi connectivity index (χ0n) is 25.7. The van der Waals surface area contributed by atoms with Crippen LogP contribution in [0.15, 0.2) is 103 Å². The van der Waals surface area contributed by atoms with Crippen molar-refractivity contribution in [2.45, 2.75) is 45.3 Å². The predicted molar refractivity (Wildman–Crippen MR) is 173 cm³/mol. The third kappa shape index (κ3) is 7.24. The molecule has 0 radical (unpaired) electrons. The summed E-state index contributed by atoms with van der Waals surface area (Å²) in [4.78, 5) is 41.6. The first-order chi connectivity index (χ1) is 21.7. The topological polar surface area (TPSA) is 114 Å². The Labute approximate surface area is 263 Å². The average molecular weight is 607 g/mol. The molecule has 3 N–H and O–H groups in total. The van der Waals surface area contributed by atoms with Crippen LogP contribution in [0.1, 0.15) is 42.9 Å². The van der Waals surface area contributed by atoms with Crippen LogP contribution in [0.3, 0.4) is 0 Å². The monoisotopic (exact) mass is 606 g/mol. The minimum Gasteiger partial charge on any atom is -0.490 e. The highest BCUT2D eigenvalue weighted by Crippen LogP contribution is 2.48. The van der Waals surface area contributed by atoms with Crippen molar-refractivity contribution in [3.8, 4) is 11.5 Å². The lowest BCUT2D eigenvalue weighted by Crippen LogP contribution is -2.56. The molecule has 0 heterocycles. The molecule has 1 saturated carbocycles. The van der Waals surface area contributed by atoms with Crippen molar-refractivity contribution in [2.75, 3.05) is 17.2 Å². The quantitative estimate of drug-likeness (QED) is 0.183. The molecule has 0 aromatic heterocycles. The van der Waals surface area contributed by atoms with Crippen LogP contribution in [0.2, 0.25) is 0 Å². The Morgan fingerprint density at radius 1 is 0.822 bits per heavy atom. The van der Waals surface area contributed by atoms with Crippen molar-refractivity contribution >= 4 is 29.0 Å². The first kappa shape index (κ1) is 31.5. The fourth-order valence-corrected chi connectivity index (χ4v) is 6.02. The summed E-state index contributed by atoms with van der Waals surface area (Å²) in [7, 11) is 0. The minimum atomic E-state index is -1.74. The highest BCUT2D eigenvalue weighted by atomic mass is 16.5. The maximum Gasteiger partial charge on any atom is 0.235 e. The van der Waals surface area contributed by atoms with Crippen molar-refractivity contribution in [2.24, 2.45) is 11.8 Å². The van der Waals surface area contributed by atoms with Crippen molar-refractivity contribution in [1.29, 1.82) is 0 Å². The summed E-state index contributed by atoms with van der Waals surface area (Å²) >= 11 is 0. The third-order valence-corrected chi connectivity index (χ3v) is 8.21. The fourth-order valence-electron chi connectivity index (χ4n) is 6.02. The minimum absolute atomic E-state index is 0.312. The fraction of sp³-hybridized carbons (Fsp3) is 0.270. The van der Waals surface area contributed by atoms with Gasteiger partial charge in [0, 0.05) is 23.7 Å². The number of anilines is 2. The number of ketones is 1. The van der Waals surface area contributed by atoms with Gasteiger partial charge in [0.2, 0.25) is 11.8 Å². The Balaban J connectivity index is 1.56. The van der Waals surface area contributed by atoms with Gasteiger partial charge < -0.3 is 25.2 Å². The van der Waals surface area contributed by atoms with Gasteiger partial charge in [-0.2, -0.15) is 0 Å². The highest BCUT2D eigenvalue weighted by molar-refractivity contribution is 6.10. The Morgan fingerprint density at radius 2 is 1.42 bits per heavy atom. The Morgan fingerprint density at radius 3 is 2.04 bits per heavy atom. The lowest BCUT2D eigenvalue weighted by Gasteiger charge is -2.44. The molecule has 8 nitrogen and oxygen atoms in total. The van der Waals surface area contributed by atoms with Crippen LogP contribution >= 0.6 is 0 Å². The normalized spacial score (nSPS) is 21.1. The van der Waals surface area contributed by atoms with Gasteiger partial charge in [-0.05, 0) is 73.9 Å². The van der Waals surface area contributed by atoms with Crippen LogP contribution in [0.5, 0.6) is 11.5 Å². The molecule has 45 heavy (non-hydrogen) atoms. The van der Waals surface area contributed by atoms with Crippen molar-refractivity contribution in [1.82, 2.24) is 0 Å². The van der Waals surface area contributed by atoms with Crippen LogP contribution in [0.4, 0.5) is 11.4 Å². The lowest BCUT2D eigenvalue weighted by molar-refractivity contribution is -0.150. The van der Waals surface area contributed by atoms with E-state index in [0.29, 0.717) is 41.7 Å². The summed E-state index contributed by atoms with van der Waals surface area (Å²) < 4.78 is 12.1. The largest absolute Gasteiger partial charge is 0.490 e. The van der Waals surface area contributed by atoms with E-state index in [0.717, 1.165) is 11.1 Å². The number of aryl methyl sites for hydroxylation is 1. The molecule has 4 aromatic carbocycles. The number of benzene rings is 4. The molecule has 1 aliphatic carbocycles. The summed E-state index contributed by atoms with van der Waals surface area (Å²) in [6.07, 6.45) is -0.362. The van der Waals surface area contributed by atoms with Gasteiger partial charge in [0.15, 0.2) is 11.5 Å². The molecule has 232 valence electrons. The molecule has 0 bridgehead atoms. The van der Waals surface area contributed by atoms with E-state index in [4.69, 9.17) is 9.47 Å². The number of aliphatic hydroxyl groups is 1. The van der Waals surface area contributed by atoms with Crippen LogP contribution in [-0.4, -0.2) is 34.9 Å². The van der Waals surface area contributed by atoms with Gasteiger partial charge in [0.1, 0.15) is 18.3 Å². The summed E-state index contributed by atoms with van der Waals surface area (Å²) in [5, 5.41) is 17.4. The molecular weight excluding hydrogens is 568 g/mol. The molecule has 8 heteroatoms. The summed E-state index contributed by atoms with van der Waals surface area (Å²) in [5.74, 6) is -4.06. The van der Waals surface area contributed by atoms with E-state index in [1.54, 1.807) is 66.7 Å². The Hall–Kier alpha value is -4.95. The van der Waals surface area contributed by atoms with Crippen LogP contribution < -0.4 is 20.1 Å².